The number of Topliss-reactive ketones (excluding diaryl/α,β-unsaturated/α-hetero) is 1. The summed E-state index contributed by atoms with van der Waals surface area (Å²) >= 11 is 0. The number of ketones is 1. The van der Waals surface area contributed by atoms with Crippen LogP contribution < -0.4 is 5.32 Å². The zero-order chi connectivity index (χ0) is 43.3. The number of nitrogens with zero attached hydrogens (tertiary/aromatic N) is 2. The lowest BCUT2D eigenvalue weighted by molar-refractivity contribution is -0.280. The summed E-state index contributed by atoms with van der Waals surface area (Å²) < 4.78 is 35.6. The first kappa shape index (κ1) is 47.2. The van der Waals surface area contributed by atoms with Crippen molar-refractivity contribution >= 4 is 49.1 Å². The molecule has 0 aromatic heterocycles. The number of amides is 1. The minimum Gasteiger partial charge on any atom is -0.459 e. The van der Waals surface area contributed by atoms with E-state index < -0.39 is 84.2 Å². The van der Waals surface area contributed by atoms with E-state index in [-0.39, 0.29) is 52.3 Å². The number of carbonyl (C=O) groups excluding carboxylic acids is 3. The summed E-state index contributed by atoms with van der Waals surface area (Å²) in [4.78, 5) is 54.7. The molecule has 4 rings (SSSR count). The summed E-state index contributed by atoms with van der Waals surface area (Å²) in [6.07, 6.45) is -4.62. The van der Waals surface area contributed by atoms with E-state index in [4.69, 9.17) is 27.0 Å². The highest BCUT2D eigenvalue weighted by molar-refractivity contribution is 6.84. The van der Waals surface area contributed by atoms with E-state index in [0.29, 0.717) is 0 Å². The SMILES string of the molecule is CC(C)N=C(NC(C)C)ON1C(=O)C[C@]12C(=O)[C@@H](O[Si](C)(C)C(C)(C)C)[C@@](O)(COC(=O)c1ccccc1)[C@H]1O[Si](C(C)C)(C(C)C)O[Si](C(C)C)(C(C)C)O[C@H]12. The number of fused-ring (bicyclic) bond motifs is 2. The Morgan fingerprint density at radius 2 is 1.42 bits per heavy atom. The van der Waals surface area contributed by atoms with Crippen LogP contribution in [0, 0.1) is 0 Å². The fourth-order valence-electron chi connectivity index (χ4n) is 7.94. The van der Waals surface area contributed by atoms with Crippen LogP contribution in [0.2, 0.25) is 40.3 Å². The van der Waals surface area contributed by atoms with Gasteiger partial charge in [0.05, 0.1) is 12.0 Å². The number of hydrogen-bond donors (Lipinski definition) is 2. The first-order valence-corrected chi connectivity index (χ1v) is 27.6. The molecule has 322 valence electrons. The number of amidine groups is 1. The lowest BCUT2D eigenvalue weighted by atomic mass is 9.63. The van der Waals surface area contributed by atoms with Gasteiger partial charge in [0.2, 0.25) is 0 Å². The van der Waals surface area contributed by atoms with Crippen molar-refractivity contribution in [2.24, 2.45) is 4.99 Å². The Balaban J connectivity index is 2.11. The van der Waals surface area contributed by atoms with Gasteiger partial charge in [-0.25, -0.2) is 9.79 Å². The Labute approximate surface area is 344 Å². The fourth-order valence-corrected chi connectivity index (χ4v) is 20.5. The maximum absolute atomic E-state index is 15.9. The standard InChI is InChI=1S/C41H71N3O10Si3/c1-25(2)42-38(43-26(3)4)50-44-32(45)23-40(44)33(46)34(51-55(16,17)39(13,14)15)41(48,24-49-37(47)31-21-19-18-20-22-31)36-35(40)52-56(27(5)6,28(7)8)54-57(53-36,29(9)10)30(11)12/h18-22,25-30,34-36,48H,23-24H2,1-17H3,(H,42,43)/t34-,35-,36+,40-,41+/m1/s1. The predicted molar refractivity (Wildman–Crippen MR) is 228 cm³/mol. The van der Waals surface area contributed by atoms with Crippen LogP contribution in [-0.4, -0.2) is 107 Å². The maximum atomic E-state index is 15.9. The van der Waals surface area contributed by atoms with Gasteiger partial charge in [0.15, 0.2) is 25.2 Å². The molecule has 0 bridgehead atoms. The largest absolute Gasteiger partial charge is 0.459 e. The Kier molecular flexibility index (Phi) is 14.0. The zero-order valence-electron chi connectivity index (χ0n) is 37.5. The minimum atomic E-state index is -3.48. The Bertz CT molecular complexity index is 1630. The van der Waals surface area contributed by atoms with Crippen LogP contribution in [0.3, 0.4) is 0 Å². The molecule has 16 heteroatoms. The van der Waals surface area contributed by atoms with Crippen LogP contribution in [0.15, 0.2) is 35.3 Å². The van der Waals surface area contributed by atoms with Crippen molar-refractivity contribution in [3.8, 4) is 0 Å². The van der Waals surface area contributed by atoms with Gasteiger partial charge in [-0.05, 0) is 80.1 Å². The van der Waals surface area contributed by atoms with Gasteiger partial charge in [-0.2, -0.15) is 5.06 Å². The molecule has 13 nitrogen and oxygen atoms in total. The van der Waals surface area contributed by atoms with Gasteiger partial charge in [-0.15, -0.1) is 0 Å². The molecule has 57 heavy (non-hydrogen) atoms. The van der Waals surface area contributed by atoms with E-state index in [9.17, 15) is 14.7 Å². The monoisotopic (exact) mass is 849 g/mol. The fraction of sp³-hybridized carbons (Fsp3) is 0.756. The number of aliphatic imine (C=N–C) groups is 1. The smallest absolute Gasteiger partial charge is 0.338 e. The van der Waals surface area contributed by atoms with E-state index in [1.165, 1.54) is 0 Å². The predicted octanol–water partition coefficient (Wildman–Crippen LogP) is 7.54. The third-order valence-corrected chi connectivity index (χ3v) is 26.8. The summed E-state index contributed by atoms with van der Waals surface area (Å²) in [5, 5.41) is 17.5. The van der Waals surface area contributed by atoms with Crippen LogP contribution >= 0.6 is 0 Å². The molecule has 1 spiro atoms. The molecular weight excluding hydrogens is 779 g/mol. The molecule has 1 amide bonds. The molecule has 1 aromatic carbocycles. The molecule has 5 atom stereocenters. The number of rotatable bonds is 12. The molecule has 2 N–H and O–H groups in total. The molecule has 2 saturated heterocycles. The van der Waals surface area contributed by atoms with E-state index in [1.54, 1.807) is 30.3 Å². The van der Waals surface area contributed by atoms with E-state index in [1.807, 2.05) is 61.6 Å². The summed E-state index contributed by atoms with van der Waals surface area (Å²) in [6, 6.07) is 8.19. The second-order valence-corrected chi connectivity index (χ2v) is 33.1. The van der Waals surface area contributed by atoms with Crippen LogP contribution in [-0.2, 0) is 36.6 Å². The molecule has 1 saturated carbocycles. The molecule has 2 heterocycles. The highest BCUT2D eigenvalue weighted by atomic mass is 28.5. The zero-order valence-corrected chi connectivity index (χ0v) is 40.5. The first-order chi connectivity index (χ1) is 26.1. The number of benzene rings is 1. The number of β-lactam (4-membered cyclic amide) rings is 1. The second-order valence-electron chi connectivity index (χ2n) is 19.5. The molecule has 1 aromatic rings. The summed E-state index contributed by atoms with van der Waals surface area (Å²) in [6.45, 7) is 33.5. The topological polar surface area (TPSA) is 154 Å². The van der Waals surface area contributed by atoms with Crippen LogP contribution in [0.25, 0.3) is 0 Å². The van der Waals surface area contributed by atoms with Gasteiger partial charge in [0.25, 0.3) is 5.91 Å². The molecule has 2 aliphatic heterocycles. The van der Waals surface area contributed by atoms with Crippen LogP contribution in [0.4, 0.5) is 0 Å². The molecule has 0 radical (unpaired) electrons. The average Bonchev–Trinajstić information content (AvgIpc) is 3.27. The number of esters is 1. The lowest BCUT2D eigenvalue weighted by Crippen LogP contribution is -2.86. The summed E-state index contributed by atoms with van der Waals surface area (Å²) in [7, 11) is -9.88. The van der Waals surface area contributed by atoms with Gasteiger partial charge >= 0.3 is 29.1 Å². The number of carbonyl (C=O) groups is 3. The number of aliphatic hydroxyl groups is 1. The van der Waals surface area contributed by atoms with Crippen LogP contribution in [0.1, 0.15) is 121 Å². The number of nitrogens with one attached hydrogen (secondary N) is 1. The number of hydroxylamine groups is 2. The minimum absolute atomic E-state index is 0.0615. The third-order valence-electron chi connectivity index (χ3n) is 12.2. The quantitative estimate of drug-likeness (QED) is 0.0705. The first-order valence-electron chi connectivity index (χ1n) is 20.7. The molecular formula is C41H71N3O10Si3. The van der Waals surface area contributed by atoms with Crippen molar-refractivity contribution in [3.63, 3.8) is 0 Å². The van der Waals surface area contributed by atoms with Crippen molar-refractivity contribution < 1.29 is 46.5 Å². The van der Waals surface area contributed by atoms with Gasteiger partial charge in [0.1, 0.15) is 24.9 Å². The maximum Gasteiger partial charge on any atom is 0.338 e. The van der Waals surface area contributed by atoms with Crippen molar-refractivity contribution in [2.75, 3.05) is 6.61 Å². The molecule has 1 aliphatic carbocycles. The highest BCUT2D eigenvalue weighted by Crippen LogP contribution is 2.57. The van der Waals surface area contributed by atoms with Crippen molar-refractivity contribution in [1.82, 2.24) is 10.4 Å². The van der Waals surface area contributed by atoms with Crippen molar-refractivity contribution in [3.05, 3.63) is 35.9 Å². The Hall–Kier alpha value is -2.45. The number of ether oxygens (including phenoxy) is 1. The van der Waals surface area contributed by atoms with E-state index >= 15 is 4.79 Å². The second kappa shape index (κ2) is 16.9. The van der Waals surface area contributed by atoms with Gasteiger partial charge in [0, 0.05) is 12.1 Å². The molecule has 0 unspecified atom stereocenters. The lowest BCUT2D eigenvalue weighted by Gasteiger charge is -2.62. The van der Waals surface area contributed by atoms with Crippen molar-refractivity contribution in [2.45, 2.75) is 192 Å². The van der Waals surface area contributed by atoms with Crippen molar-refractivity contribution in [1.29, 1.82) is 0 Å². The average molecular weight is 850 g/mol. The Morgan fingerprint density at radius 1 is 0.912 bits per heavy atom. The molecule has 3 fully saturated rings. The van der Waals surface area contributed by atoms with E-state index in [2.05, 4.69) is 65.7 Å². The third kappa shape index (κ3) is 8.61. The Morgan fingerprint density at radius 3 is 1.86 bits per heavy atom. The van der Waals surface area contributed by atoms with Gasteiger partial charge in [-0.1, -0.05) is 94.4 Å². The number of hydrogen-bond acceptors (Lipinski definition) is 11. The van der Waals surface area contributed by atoms with E-state index in [0.717, 1.165) is 5.06 Å². The summed E-state index contributed by atoms with van der Waals surface area (Å²) in [5.74, 6) is -1.78. The highest BCUT2D eigenvalue weighted by Gasteiger charge is 2.79. The van der Waals surface area contributed by atoms with Crippen LogP contribution in [0.5, 0.6) is 0 Å². The van der Waals surface area contributed by atoms with Gasteiger partial charge in [-0.3, -0.25) is 9.59 Å². The molecule has 3 aliphatic rings. The van der Waals surface area contributed by atoms with Gasteiger partial charge < -0.3 is 37.4 Å². The normalized spacial score (nSPS) is 28.0. The summed E-state index contributed by atoms with van der Waals surface area (Å²) in [5.41, 5.74) is -4.46.